The second kappa shape index (κ2) is 3.84. The van der Waals surface area contributed by atoms with Crippen molar-refractivity contribution in [2.75, 3.05) is 0 Å². The number of nitrogens with two attached hydrogens (primary N) is 2. The highest BCUT2D eigenvalue weighted by Crippen LogP contribution is 2.16. The summed E-state index contributed by atoms with van der Waals surface area (Å²) in [7, 11) is 0. The highest BCUT2D eigenvalue weighted by atomic mass is 19.4. The number of rotatable bonds is 1. The summed E-state index contributed by atoms with van der Waals surface area (Å²) in [6.45, 7) is 1.38. The molecule has 12 heavy (non-hydrogen) atoms. The van der Waals surface area contributed by atoms with Gasteiger partial charge < -0.3 is 16.3 Å². The monoisotopic (exact) mass is 183 g/mol. The summed E-state index contributed by atoms with van der Waals surface area (Å²) < 4.78 is 37.9. The fourth-order valence-electron chi connectivity index (χ4n) is 0.406. The molecule has 0 atom stereocenters. The molecule has 0 aromatic carbocycles. The molecule has 0 aliphatic heterocycles. The molecule has 0 spiro atoms. The summed E-state index contributed by atoms with van der Waals surface area (Å²) in [5, 5.41) is 2.73. The Kier molecular flexibility index (Phi) is 3.39. The first-order chi connectivity index (χ1) is 5.35. The van der Waals surface area contributed by atoms with Crippen LogP contribution in [0.1, 0.15) is 6.92 Å². The molecule has 0 rings (SSSR count). The lowest BCUT2D eigenvalue weighted by Gasteiger charge is -2.07. The molecule has 0 saturated carbocycles. The van der Waals surface area contributed by atoms with Crippen molar-refractivity contribution in [1.29, 1.82) is 0 Å². The van der Waals surface area contributed by atoms with Gasteiger partial charge in [-0.05, 0) is 6.92 Å². The minimum absolute atomic E-state index is 0.114. The van der Waals surface area contributed by atoms with Crippen molar-refractivity contribution in [2.45, 2.75) is 13.3 Å². The highest BCUT2D eigenvalue weighted by molar-refractivity contribution is 5.88. The summed E-state index contributed by atoms with van der Waals surface area (Å²) in [4.78, 5) is 0. The number of allylic oxidation sites excluding steroid dienone is 1. The Morgan fingerprint density at radius 2 is 2.00 bits per heavy atom. The molecule has 0 radical (unpaired) electrons. The van der Waals surface area contributed by atoms with Crippen LogP contribution < -0.4 is 11.6 Å². The number of hydrogen-bond donors (Lipinski definition) is 2. The van der Waals surface area contributed by atoms with Crippen LogP contribution in [0.5, 0.6) is 0 Å². The fraction of sp³-hybridized carbons (Fsp3) is 0.400. The number of hydrazone groups is 1. The van der Waals surface area contributed by atoms with Crippen LogP contribution in [-0.2, 0) is 4.74 Å². The second-order valence-corrected chi connectivity index (χ2v) is 1.90. The third-order valence-electron chi connectivity index (χ3n) is 0.699. The molecular weight excluding hydrogens is 175 g/mol. The molecule has 0 aromatic rings. The zero-order chi connectivity index (χ0) is 9.78. The van der Waals surface area contributed by atoms with Crippen molar-refractivity contribution < 1.29 is 17.9 Å². The Morgan fingerprint density at radius 1 is 1.50 bits per heavy atom. The molecule has 0 fully saturated rings. The van der Waals surface area contributed by atoms with Gasteiger partial charge in [0.1, 0.15) is 0 Å². The average Bonchev–Trinajstić information content (AvgIpc) is 1.82. The van der Waals surface area contributed by atoms with E-state index < -0.39 is 12.3 Å². The van der Waals surface area contributed by atoms with Gasteiger partial charge in [0.05, 0.1) is 0 Å². The van der Waals surface area contributed by atoms with Gasteiger partial charge >= 0.3 is 6.36 Å². The minimum Gasteiger partial charge on any atom is -0.402 e. The maximum absolute atomic E-state index is 11.5. The molecule has 0 bridgehead atoms. The summed E-state index contributed by atoms with van der Waals surface area (Å²) >= 11 is 0. The first-order valence-corrected chi connectivity index (χ1v) is 2.82. The van der Waals surface area contributed by atoms with Gasteiger partial charge in [-0.2, -0.15) is 0 Å². The fourth-order valence-corrected chi connectivity index (χ4v) is 0.406. The predicted octanol–water partition coefficient (Wildman–Crippen LogP) is 0.658. The van der Waals surface area contributed by atoms with Crippen LogP contribution in [0, 0.1) is 0 Å². The molecule has 0 aliphatic carbocycles. The smallest absolute Gasteiger partial charge is 0.402 e. The van der Waals surface area contributed by atoms with Crippen molar-refractivity contribution in [1.82, 2.24) is 0 Å². The van der Waals surface area contributed by atoms with Gasteiger partial charge in [-0.15, -0.1) is 18.3 Å². The van der Waals surface area contributed by atoms with E-state index in [4.69, 9.17) is 5.73 Å². The first kappa shape index (κ1) is 10.6. The lowest BCUT2D eigenvalue weighted by molar-refractivity contribution is -0.283. The molecule has 0 saturated heterocycles. The maximum Gasteiger partial charge on any atom is 0.574 e. The van der Waals surface area contributed by atoms with Crippen LogP contribution in [0.15, 0.2) is 16.9 Å². The van der Waals surface area contributed by atoms with E-state index in [1.807, 2.05) is 0 Å². The van der Waals surface area contributed by atoms with Gasteiger partial charge in [0.15, 0.2) is 0 Å². The number of hydrogen-bond acceptors (Lipinski definition) is 4. The molecule has 7 heteroatoms. The van der Waals surface area contributed by atoms with Gasteiger partial charge in [0.25, 0.3) is 0 Å². The lowest BCUT2D eigenvalue weighted by Crippen LogP contribution is -2.19. The van der Waals surface area contributed by atoms with Crippen LogP contribution in [0.25, 0.3) is 0 Å². The molecule has 0 aromatic heterocycles. The summed E-state index contributed by atoms with van der Waals surface area (Å²) in [5.74, 6) is 3.82. The number of alkyl halides is 3. The summed E-state index contributed by atoms with van der Waals surface area (Å²) in [6.07, 6.45) is -3.93. The standard InChI is InChI=1S/C5H8F3N3O/c1-3(9)2-4(11-10)12-5(6,7)8/h2H,9-10H2,1H3. The highest BCUT2D eigenvalue weighted by Gasteiger charge is 2.32. The second-order valence-electron chi connectivity index (χ2n) is 1.90. The molecule has 70 valence electrons. The van der Waals surface area contributed by atoms with Crippen molar-refractivity contribution in [3.05, 3.63) is 11.8 Å². The van der Waals surface area contributed by atoms with E-state index in [0.29, 0.717) is 0 Å². The number of halogens is 3. The average molecular weight is 183 g/mol. The molecule has 0 unspecified atom stereocenters. The van der Waals surface area contributed by atoms with E-state index in [-0.39, 0.29) is 5.70 Å². The van der Waals surface area contributed by atoms with Crippen molar-refractivity contribution in [2.24, 2.45) is 16.7 Å². The van der Waals surface area contributed by atoms with Crippen molar-refractivity contribution >= 4 is 5.90 Å². The van der Waals surface area contributed by atoms with E-state index in [1.54, 1.807) is 0 Å². The van der Waals surface area contributed by atoms with Crippen molar-refractivity contribution in [3.8, 4) is 0 Å². The van der Waals surface area contributed by atoms with Gasteiger partial charge in [-0.25, -0.2) is 0 Å². The van der Waals surface area contributed by atoms with E-state index in [1.165, 1.54) is 6.92 Å². The lowest BCUT2D eigenvalue weighted by atomic mass is 10.4. The summed E-state index contributed by atoms with van der Waals surface area (Å²) in [5.41, 5.74) is 5.18. The maximum atomic E-state index is 11.5. The van der Waals surface area contributed by atoms with Crippen LogP contribution >= 0.6 is 0 Å². The Bertz CT molecular complexity index is 204. The van der Waals surface area contributed by atoms with Gasteiger partial charge in [0.2, 0.25) is 5.90 Å². The van der Waals surface area contributed by atoms with E-state index in [0.717, 1.165) is 6.08 Å². The van der Waals surface area contributed by atoms with Gasteiger partial charge in [0, 0.05) is 11.8 Å². The Labute approximate surface area is 66.7 Å². The minimum atomic E-state index is -4.80. The predicted molar refractivity (Wildman–Crippen MR) is 36.7 cm³/mol. The van der Waals surface area contributed by atoms with Gasteiger partial charge in [-0.3, -0.25) is 0 Å². The van der Waals surface area contributed by atoms with Crippen LogP contribution in [0.3, 0.4) is 0 Å². The molecule has 4 N–H and O–H groups in total. The van der Waals surface area contributed by atoms with Crippen LogP contribution in [0.4, 0.5) is 13.2 Å². The van der Waals surface area contributed by atoms with Crippen molar-refractivity contribution in [3.63, 3.8) is 0 Å². The number of ether oxygens (including phenoxy) is 1. The Morgan fingerprint density at radius 3 is 2.25 bits per heavy atom. The normalized spacial score (nSPS) is 14.7. The topological polar surface area (TPSA) is 73.6 Å². The zero-order valence-electron chi connectivity index (χ0n) is 6.22. The first-order valence-electron chi connectivity index (χ1n) is 2.82. The third kappa shape index (κ3) is 5.39. The SMILES string of the molecule is CC(N)=CC(=NN)OC(F)(F)F. The van der Waals surface area contributed by atoms with E-state index >= 15 is 0 Å². The quantitative estimate of drug-likeness (QED) is 0.271. The third-order valence-corrected chi connectivity index (χ3v) is 0.699. The molecule has 4 nitrogen and oxygen atoms in total. The molecule has 0 aliphatic rings. The number of nitrogens with zero attached hydrogens (tertiary/aromatic N) is 1. The van der Waals surface area contributed by atoms with Gasteiger partial charge in [-0.1, -0.05) is 0 Å². The molecule has 0 amide bonds. The Balaban J connectivity index is 4.33. The summed E-state index contributed by atoms with van der Waals surface area (Å²) in [6, 6.07) is 0. The van der Waals surface area contributed by atoms with E-state index in [9.17, 15) is 13.2 Å². The van der Waals surface area contributed by atoms with Crippen LogP contribution in [-0.4, -0.2) is 12.3 Å². The zero-order valence-corrected chi connectivity index (χ0v) is 6.22. The molecular formula is C5H8F3N3O. The van der Waals surface area contributed by atoms with Crippen LogP contribution in [0.2, 0.25) is 0 Å². The van der Waals surface area contributed by atoms with E-state index in [2.05, 4.69) is 15.7 Å². The molecule has 0 heterocycles. The Hall–Kier alpha value is -1.40. The largest absolute Gasteiger partial charge is 0.574 e.